The molecule has 0 bridgehead atoms. The van der Waals surface area contributed by atoms with Crippen LogP contribution in [0.4, 0.5) is 0 Å². The third kappa shape index (κ3) is 2.76. The fraction of sp³-hybridized carbons (Fsp3) is 0.909. The number of carbonyl (C=O) groups is 1. The van der Waals surface area contributed by atoms with Crippen LogP contribution in [-0.4, -0.2) is 24.2 Å². The van der Waals surface area contributed by atoms with Gasteiger partial charge >= 0.3 is 5.97 Å². The van der Waals surface area contributed by atoms with Gasteiger partial charge < -0.3 is 5.11 Å². The average molecular weight is 212 g/mol. The van der Waals surface area contributed by atoms with Gasteiger partial charge in [-0.15, -0.1) is 0 Å². The molecule has 2 unspecified atom stereocenters. The first-order valence-corrected chi connectivity index (χ1v) is 5.43. The van der Waals surface area contributed by atoms with E-state index in [1.165, 1.54) is 0 Å². The molecule has 0 radical (unpaired) electrons. The van der Waals surface area contributed by atoms with Gasteiger partial charge in [0.1, 0.15) is 0 Å². The summed E-state index contributed by atoms with van der Waals surface area (Å²) in [7, 11) is 0. The van der Waals surface area contributed by atoms with Crippen LogP contribution in [0.5, 0.6) is 0 Å². The van der Waals surface area contributed by atoms with Crippen molar-refractivity contribution in [2.45, 2.75) is 27.7 Å². The largest absolute Gasteiger partial charge is 0.481 e. The van der Waals surface area contributed by atoms with Crippen molar-refractivity contribution in [3.05, 3.63) is 0 Å². The van der Waals surface area contributed by atoms with Crippen LogP contribution in [0.25, 0.3) is 0 Å². The number of nitrogens with zero attached hydrogens (tertiary/aromatic N) is 2. The first-order chi connectivity index (χ1) is 6.87. The summed E-state index contributed by atoms with van der Waals surface area (Å²) >= 11 is 0. The summed E-state index contributed by atoms with van der Waals surface area (Å²) in [5.41, 5.74) is -0.108. The van der Waals surface area contributed by atoms with E-state index >= 15 is 0 Å². The minimum Gasteiger partial charge on any atom is -0.481 e. The second-order valence-corrected chi connectivity index (χ2v) is 5.29. The van der Waals surface area contributed by atoms with E-state index in [2.05, 4.69) is 24.1 Å². The highest BCUT2D eigenvalue weighted by Gasteiger charge is 2.61. The molecule has 2 atom stereocenters. The second-order valence-electron chi connectivity index (χ2n) is 5.29. The van der Waals surface area contributed by atoms with E-state index < -0.39 is 5.97 Å². The number of rotatable bonds is 5. The molecule has 0 saturated heterocycles. The van der Waals surface area contributed by atoms with Crippen molar-refractivity contribution < 1.29 is 9.90 Å². The molecular weight excluding hydrogens is 192 g/mol. The second kappa shape index (κ2) is 4.29. The zero-order valence-electron chi connectivity index (χ0n) is 9.90. The van der Waals surface area contributed by atoms with Gasteiger partial charge in [0.25, 0.3) is 0 Å². The number of carboxylic acids is 1. The van der Waals surface area contributed by atoms with Gasteiger partial charge in [-0.3, -0.25) is 4.79 Å². The molecule has 1 rings (SSSR count). The van der Waals surface area contributed by atoms with Gasteiger partial charge in [0.2, 0.25) is 0 Å². The van der Waals surface area contributed by atoms with Crippen molar-refractivity contribution >= 4 is 5.97 Å². The highest BCUT2D eigenvalue weighted by molar-refractivity contribution is 5.75. The lowest BCUT2D eigenvalue weighted by Crippen LogP contribution is -2.03. The third-order valence-electron chi connectivity index (χ3n) is 3.14. The van der Waals surface area contributed by atoms with Crippen LogP contribution in [0.1, 0.15) is 27.7 Å². The molecule has 1 saturated carbocycles. The highest BCUT2D eigenvalue weighted by Crippen LogP contribution is 2.58. The molecule has 0 aliphatic heterocycles. The molecule has 0 amide bonds. The Kier molecular flexibility index (Phi) is 3.47. The number of hydrogen-bond acceptors (Lipinski definition) is 3. The van der Waals surface area contributed by atoms with E-state index in [0.717, 1.165) is 6.54 Å². The summed E-state index contributed by atoms with van der Waals surface area (Å²) in [5, 5.41) is 17.0. The van der Waals surface area contributed by atoms with Gasteiger partial charge in [0, 0.05) is 0 Å². The van der Waals surface area contributed by atoms with Gasteiger partial charge in [-0.2, -0.15) is 10.2 Å². The predicted molar refractivity (Wildman–Crippen MR) is 57.8 cm³/mol. The van der Waals surface area contributed by atoms with Crippen molar-refractivity contribution in [1.82, 2.24) is 0 Å². The van der Waals surface area contributed by atoms with Crippen molar-refractivity contribution in [2.75, 3.05) is 13.1 Å². The number of carboxylic acid groups (broad SMARTS) is 1. The Morgan fingerprint density at radius 1 is 1.40 bits per heavy atom. The molecule has 0 aromatic rings. The molecule has 0 heterocycles. The van der Waals surface area contributed by atoms with Crippen molar-refractivity contribution in [3.8, 4) is 0 Å². The minimum absolute atomic E-state index is 0.108. The monoisotopic (exact) mass is 212 g/mol. The van der Waals surface area contributed by atoms with Crippen LogP contribution in [0.2, 0.25) is 0 Å². The van der Waals surface area contributed by atoms with Crippen LogP contribution in [-0.2, 0) is 4.79 Å². The first-order valence-electron chi connectivity index (χ1n) is 5.43. The van der Waals surface area contributed by atoms with Crippen LogP contribution in [0.15, 0.2) is 10.2 Å². The summed E-state index contributed by atoms with van der Waals surface area (Å²) < 4.78 is 0. The van der Waals surface area contributed by atoms with Gasteiger partial charge in [-0.25, -0.2) is 0 Å². The average Bonchev–Trinajstić information content (AvgIpc) is 2.62. The lowest BCUT2D eigenvalue weighted by molar-refractivity contribution is -0.139. The fourth-order valence-corrected chi connectivity index (χ4v) is 1.94. The zero-order valence-corrected chi connectivity index (χ0v) is 9.90. The van der Waals surface area contributed by atoms with E-state index in [-0.39, 0.29) is 17.3 Å². The molecule has 1 aliphatic rings. The molecule has 1 fully saturated rings. The summed E-state index contributed by atoms with van der Waals surface area (Å²) in [6.45, 7) is 9.41. The Balaban J connectivity index is 2.36. The Morgan fingerprint density at radius 2 is 2.00 bits per heavy atom. The van der Waals surface area contributed by atoms with Crippen LogP contribution in [0.3, 0.4) is 0 Å². The van der Waals surface area contributed by atoms with Gasteiger partial charge in [0.05, 0.1) is 19.0 Å². The number of azo groups is 1. The summed E-state index contributed by atoms with van der Waals surface area (Å²) in [5.74, 6) is -0.276. The third-order valence-corrected chi connectivity index (χ3v) is 3.14. The molecular formula is C11H20N2O2. The maximum atomic E-state index is 10.9. The molecule has 15 heavy (non-hydrogen) atoms. The molecule has 86 valence electrons. The predicted octanol–water partition coefficient (Wildman–Crippen LogP) is 2.45. The SMILES string of the molecule is CC(C)CN=NCC1C(C(=O)O)C1(C)C. The maximum Gasteiger partial charge on any atom is 0.307 e. The quantitative estimate of drug-likeness (QED) is 0.711. The minimum atomic E-state index is -0.705. The first kappa shape index (κ1) is 12.1. The lowest BCUT2D eigenvalue weighted by Gasteiger charge is -1.98. The van der Waals surface area contributed by atoms with E-state index in [9.17, 15) is 4.79 Å². The molecule has 1 N–H and O–H groups in total. The molecule has 4 nitrogen and oxygen atoms in total. The Hall–Kier alpha value is -0.930. The Bertz CT molecular complexity index is 272. The van der Waals surface area contributed by atoms with E-state index in [1.54, 1.807) is 0 Å². The van der Waals surface area contributed by atoms with E-state index in [1.807, 2.05) is 13.8 Å². The fourth-order valence-electron chi connectivity index (χ4n) is 1.94. The van der Waals surface area contributed by atoms with Crippen LogP contribution in [0, 0.1) is 23.2 Å². The van der Waals surface area contributed by atoms with Crippen LogP contribution < -0.4 is 0 Å². The number of aliphatic carboxylic acids is 1. The number of hydrogen-bond donors (Lipinski definition) is 1. The van der Waals surface area contributed by atoms with Crippen LogP contribution >= 0.6 is 0 Å². The van der Waals surface area contributed by atoms with Crippen molar-refractivity contribution in [3.63, 3.8) is 0 Å². The smallest absolute Gasteiger partial charge is 0.307 e. The maximum absolute atomic E-state index is 10.9. The molecule has 4 heteroatoms. The van der Waals surface area contributed by atoms with Crippen molar-refractivity contribution in [1.29, 1.82) is 0 Å². The summed E-state index contributed by atoms with van der Waals surface area (Å²) in [6, 6.07) is 0. The van der Waals surface area contributed by atoms with Crippen molar-refractivity contribution in [2.24, 2.45) is 33.4 Å². The molecule has 0 aromatic heterocycles. The Morgan fingerprint density at radius 3 is 2.40 bits per heavy atom. The molecule has 0 aromatic carbocycles. The summed E-state index contributed by atoms with van der Waals surface area (Å²) in [6.07, 6.45) is 0. The molecule has 1 aliphatic carbocycles. The zero-order chi connectivity index (χ0) is 11.6. The van der Waals surface area contributed by atoms with Gasteiger partial charge in [-0.1, -0.05) is 27.7 Å². The van der Waals surface area contributed by atoms with Gasteiger partial charge in [0.15, 0.2) is 0 Å². The standard InChI is InChI=1S/C11H20N2O2/c1-7(2)5-12-13-6-8-9(10(14)15)11(8,3)4/h7-9H,5-6H2,1-4H3,(H,14,15). The normalized spacial score (nSPS) is 28.6. The Labute approximate surface area is 90.8 Å². The summed E-state index contributed by atoms with van der Waals surface area (Å²) in [4.78, 5) is 10.9. The highest BCUT2D eigenvalue weighted by atomic mass is 16.4. The topological polar surface area (TPSA) is 62.0 Å². The van der Waals surface area contributed by atoms with Gasteiger partial charge in [-0.05, 0) is 17.3 Å². The lowest BCUT2D eigenvalue weighted by atomic mass is 10.1. The molecule has 0 spiro atoms. The van der Waals surface area contributed by atoms with E-state index in [4.69, 9.17) is 5.11 Å². The van der Waals surface area contributed by atoms with E-state index in [0.29, 0.717) is 12.5 Å².